The highest BCUT2D eigenvalue weighted by Gasteiger charge is 2.19. The van der Waals surface area contributed by atoms with Gasteiger partial charge in [-0.05, 0) is 55.9 Å². The number of hydrogen-bond donors (Lipinski definition) is 1. The van der Waals surface area contributed by atoms with Gasteiger partial charge in [-0.3, -0.25) is 19.1 Å². The summed E-state index contributed by atoms with van der Waals surface area (Å²) in [7, 11) is 0. The molecule has 3 aromatic heterocycles. The van der Waals surface area contributed by atoms with Crippen LogP contribution in [0, 0.1) is 5.92 Å². The molecular weight excluding hydrogens is 452 g/mol. The van der Waals surface area contributed by atoms with Crippen molar-refractivity contribution in [2.45, 2.75) is 71.3 Å². The van der Waals surface area contributed by atoms with Crippen molar-refractivity contribution < 1.29 is 4.79 Å². The summed E-state index contributed by atoms with van der Waals surface area (Å²) in [4.78, 5) is 40.4. The maximum Gasteiger partial charge on any atom is 0.294 e. The van der Waals surface area contributed by atoms with Crippen molar-refractivity contribution in [3.8, 4) is 11.3 Å². The molecule has 0 aliphatic heterocycles. The highest BCUT2D eigenvalue weighted by atomic mass is 16.1. The van der Waals surface area contributed by atoms with Crippen LogP contribution in [0.15, 0.2) is 41.5 Å². The van der Waals surface area contributed by atoms with Crippen LogP contribution < -0.4 is 10.9 Å². The second kappa shape index (κ2) is 13.1. The molecule has 0 saturated heterocycles. The lowest BCUT2D eigenvalue weighted by atomic mass is 9.89. The SMILES string of the molecule is CCCCCN(C=O)CCCNc1nc2ccc(-c3ccncc3)nc2n(CC2CCCCC2)c1=O. The zero-order chi connectivity index (χ0) is 25.2. The van der Waals surface area contributed by atoms with Crippen molar-refractivity contribution >= 4 is 23.4 Å². The molecule has 1 aliphatic carbocycles. The van der Waals surface area contributed by atoms with Gasteiger partial charge in [0.25, 0.3) is 5.56 Å². The Morgan fingerprint density at radius 3 is 2.56 bits per heavy atom. The molecule has 1 fully saturated rings. The van der Waals surface area contributed by atoms with E-state index in [1.165, 1.54) is 19.3 Å². The van der Waals surface area contributed by atoms with Crippen molar-refractivity contribution in [1.29, 1.82) is 0 Å². The molecule has 3 heterocycles. The van der Waals surface area contributed by atoms with E-state index in [9.17, 15) is 9.59 Å². The van der Waals surface area contributed by atoms with Gasteiger partial charge in [0, 0.05) is 44.1 Å². The first kappa shape index (κ1) is 25.8. The molecule has 8 nitrogen and oxygen atoms in total. The Kier molecular flexibility index (Phi) is 9.41. The lowest BCUT2D eigenvalue weighted by Gasteiger charge is -2.23. The van der Waals surface area contributed by atoms with Crippen LogP contribution in [-0.4, -0.2) is 50.5 Å². The van der Waals surface area contributed by atoms with Gasteiger partial charge < -0.3 is 10.2 Å². The van der Waals surface area contributed by atoms with E-state index in [0.717, 1.165) is 62.7 Å². The Bertz CT molecular complexity index is 1170. The summed E-state index contributed by atoms with van der Waals surface area (Å²) < 4.78 is 1.83. The lowest BCUT2D eigenvalue weighted by Crippen LogP contribution is -2.30. The molecule has 36 heavy (non-hydrogen) atoms. The van der Waals surface area contributed by atoms with Gasteiger partial charge in [-0.15, -0.1) is 0 Å². The molecule has 0 aromatic carbocycles. The Morgan fingerprint density at radius 1 is 1.03 bits per heavy atom. The molecule has 4 rings (SSSR count). The molecule has 1 amide bonds. The molecule has 8 heteroatoms. The third-order valence-electron chi connectivity index (χ3n) is 7.04. The van der Waals surface area contributed by atoms with Crippen LogP contribution in [0.3, 0.4) is 0 Å². The molecular formula is C28H38N6O2. The standard InChI is InChI=1S/C28H38N6O2/c1-2-3-7-18-33(21-35)19-8-15-30-26-28(36)34(20-22-9-5-4-6-10-22)27-25(31-26)12-11-24(32-27)23-13-16-29-17-14-23/h11-14,16-17,21-22H,2-10,15,18-20H2,1H3,(H,30,31). The van der Waals surface area contributed by atoms with E-state index in [2.05, 4.69) is 22.2 Å². The first-order chi connectivity index (χ1) is 17.7. The Morgan fingerprint density at radius 2 is 1.81 bits per heavy atom. The van der Waals surface area contributed by atoms with Gasteiger partial charge in [-0.2, -0.15) is 0 Å². The quantitative estimate of drug-likeness (QED) is 0.271. The summed E-state index contributed by atoms with van der Waals surface area (Å²) >= 11 is 0. The smallest absolute Gasteiger partial charge is 0.294 e. The number of carbonyl (C=O) groups excluding carboxylic acids is 1. The minimum atomic E-state index is -0.123. The summed E-state index contributed by atoms with van der Waals surface area (Å²) in [6, 6.07) is 7.74. The Hall–Kier alpha value is -3.29. The summed E-state index contributed by atoms with van der Waals surface area (Å²) in [6.07, 6.45) is 14.4. The second-order valence-electron chi connectivity index (χ2n) is 9.78. The zero-order valence-corrected chi connectivity index (χ0v) is 21.4. The minimum absolute atomic E-state index is 0.123. The molecule has 0 bridgehead atoms. The largest absolute Gasteiger partial charge is 0.365 e. The van der Waals surface area contributed by atoms with Gasteiger partial charge in [0.2, 0.25) is 6.41 Å². The third-order valence-corrected chi connectivity index (χ3v) is 7.04. The van der Waals surface area contributed by atoms with Crippen molar-refractivity contribution in [3.63, 3.8) is 0 Å². The van der Waals surface area contributed by atoms with E-state index in [4.69, 9.17) is 4.98 Å². The summed E-state index contributed by atoms with van der Waals surface area (Å²) in [6.45, 7) is 4.85. The van der Waals surface area contributed by atoms with Gasteiger partial charge in [-0.25, -0.2) is 9.97 Å². The van der Waals surface area contributed by atoms with E-state index in [-0.39, 0.29) is 5.56 Å². The van der Waals surface area contributed by atoms with E-state index >= 15 is 0 Å². The predicted molar refractivity (Wildman–Crippen MR) is 144 cm³/mol. The predicted octanol–water partition coefficient (Wildman–Crippen LogP) is 4.88. The number of rotatable bonds is 13. The number of carbonyl (C=O) groups is 1. The van der Waals surface area contributed by atoms with Crippen LogP contribution >= 0.6 is 0 Å². The van der Waals surface area contributed by atoms with Gasteiger partial charge in [0.15, 0.2) is 11.5 Å². The number of hydrogen-bond acceptors (Lipinski definition) is 6. The molecule has 1 N–H and O–H groups in total. The molecule has 0 spiro atoms. The topological polar surface area (TPSA) is 93.0 Å². The minimum Gasteiger partial charge on any atom is -0.365 e. The number of pyridine rings is 2. The summed E-state index contributed by atoms with van der Waals surface area (Å²) in [5.74, 6) is 0.839. The van der Waals surface area contributed by atoms with Crippen molar-refractivity contribution in [1.82, 2.24) is 24.4 Å². The normalized spacial score (nSPS) is 14.1. The second-order valence-corrected chi connectivity index (χ2v) is 9.78. The fraction of sp³-hybridized carbons (Fsp3) is 0.536. The van der Waals surface area contributed by atoms with Crippen molar-refractivity contribution in [2.75, 3.05) is 25.0 Å². The molecule has 1 aliphatic rings. The average Bonchev–Trinajstić information content (AvgIpc) is 2.93. The highest BCUT2D eigenvalue weighted by Crippen LogP contribution is 2.26. The van der Waals surface area contributed by atoms with E-state index < -0.39 is 0 Å². The van der Waals surface area contributed by atoms with Gasteiger partial charge >= 0.3 is 0 Å². The van der Waals surface area contributed by atoms with Gasteiger partial charge in [-0.1, -0.05) is 39.0 Å². The third kappa shape index (κ3) is 6.68. The number of aromatic nitrogens is 4. The monoisotopic (exact) mass is 490 g/mol. The van der Waals surface area contributed by atoms with E-state index in [0.29, 0.717) is 42.5 Å². The zero-order valence-electron chi connectivity index (χ0n) is 21.4. The molecule has 0 unspecified atom stereocenters. The van der Waals surface area contributed by atoms with Crippen LogP contribution in [0.25, 0.3) is 22.4 Å². The van der Waals surface area contributed by atoms with Crippen molar-refractivity contribution in [2.24, 2.45) is 5.92 Å². The molecule has 0 radical (unpaired) electrons. The van der Waals surface area contributed by atoms with Crippen molar-refractivity contribution in [3.05, 3.63) is 47.0 Å². The fourth-order valence-corrected chi connectivity index (χ4v) is 4.99. The Labute approximate surface area is 213 Å². The molecule has 1 saturated carbocycles. The summed E-state index contributed by atoms with van der Waals surface area (Å²) in [5.41, 5.74) is 2.99. The molecule has 3 aromatic rings. The maximum absolute atomic E-state index is 13.6. The number of fused-ring (bicyclic) bond motifs is 1. The number of nitrogens with zero attached hydrogens (tertiary/aromatic N) is 5. The van der Waals surface area contributed by atoms with Crippen LogP contribution in [-0.2, 0) is 11.3 Å². The number of unbranched alkanes of at least 4 members (excludes halogenated alkanes) is 2. The lowest BCUT2D eigenvalue weighted by molar-refractivity contribution is -0.118. The number of amides is 1. The van der Waals surface area contributed by atoms with Crippen LogP contribution in [0.1, 0.15) is 64.7 Å². The Balaban J connectivity index is 1.55. The van der Waals surface area contributed by atoms with Gasteiger partial charge in [0.1, 0.15) is 5.52 Å². The van der Waals surface area contributed by atoms with Gasteiger partial charge in [0.05, 0.1) is 5.69 Å². The summed E-state index contributed by atoms with van der Waals surface area (Å²) in [5, 5.41) is 3.25. The van der Waals surface area contributed by atoms with E-state index in [1.54, 1.807) is 12.4 Å². The average molecular weight is 491 g/mol. The highest BCUT2D eigenvalue weighted by molar-refractivity contribution is 5.76. The molecule has 0 atom stereocenters. The first-order valence-electron chi connectivity index (χ1n) is 13.4. The first-order valence-corrected chi connectivity index (χ1v) is 13.4. The number of anilines is 1. The van der Waals surface area contributed by atoms with E-state index in [1.807, 2.05) is 33.7 Å². The van der Waals surface area contributed by atoms with Crippen LogP contribution in [0.2, 0.25) is 0 Å². The number of nitrogens with one attached hydrogen (secondary N) is 1. The van der Waals surface area contributed by atoms with Crippen LogP contribution in [0.4, 0.5) is 5.82 Å². The van der Waals surface area contributed by atoms with Crippen LogP contribution in [0.5, 0.6) is 0 Å². The maximum atomic E-state index is 13.6. The molecule has 192 valence electrons. The fourth-order valence-electron chi connectivity index (χ4n) is 4.99.